The van der Waals surface area contributed by atoms with Gasteiger partial charge in [-0.05, 0) is 25.0 Å². The number of nitrogens with one attached hydrogen (secondary N) is 2. The van der Waals surface area contributed by atoms with Crippen molar-refractivity contribution in [2.45, 2.75) is 18.9 Å². The number of hydrogen-bond acceptors (Lipinski definition) is 2. The Morgan fingerprint density at radius 1 is 1.36 bits per heavy atom. The first-order valence-electron chi connectivity index (χ1n) is 7.37. The van der Waals surface area contributed by atoms with Gasteiger partial charge in [0, 0.05) is 32.7 Å². The first-order valence-corrected chi connectivity index (χ1v) is 7.37. The SMILES string of the molecule is CN=C(NCCCF)NC1CCN(c2c(F)cccc2F)C1. The molecule has 1 heterocycles. The largest absolute Gasteiger partial charge is 0.365 e. The molecule has 1 unspecified atom stereocenters. The van der Waals surface area contributed by atoms with Crippen molar-refractivity contribution in [1.29, 1.82) is 0 Å². The second-order valence-electron chi connectivity index (χ2n) is 5.19. The molecule has 4 nitrogen and oxygen atoms in total. The summed E-state index contributed by atoms with van der Waals surface area (Å²) in [6.07, 6.45) is 1.16. The van der Waals surface area contributed by atoms with Crippen molar-refractivity contribution >= 4 is 11.6 Å². The van der Waals surface area contributed by atoms with Crippen molar-refractivity contribution in [3.05, 3.63) is 29.8 Å². The van der Waals surface area contributed by atoms with Gasteiger partial charge in [-0.25, -0.2) is 8.78 Å². The number of anilines is 1. The predicted molar refractivity (Wildman–Crippen MR) is 82.1 cm³/mol. The van der Waals surface area contributed by atoms with Crippen LogP contribution in [-0.2, 0) is 0 Å². The number of alkyl halides is 1. The van der Waals surface area contributed by atoms with Gasteiger partial charge < -0.3 is 15.5 Å². The minimum atomic E-state index is -0.550. The van der Waals surface area contributed by atoms with Crippen molar-refractivity contribution in [3.8, 4) is 0 Å². The predicted octanol–water partition coefficient (Wildman–Crippen LogP) is 2.07. The maximum Gasteiger partial charge on any atom is 0.191 e. The Labute approximate surface area is 128 Å². The van der Waals surface area contributed by atoms with Gasteiger partial charge in [0.25, 0.3) is 0 Å². The summed E-state index contributed by atoms with van der Waals surface area (Å²) in [5.74, 6) is -0.522. The third-order valence-corrected chi connectivity index (χ3v) is 3.61. The molecule has 0 saturated carbocycles. The lowest BCUT2D eigenvalue weighted by molar-refractivity contribution is 0.470. The summed E-state index contributed by atoms with van der Waals surface area (Å²) in [6.45, 7) is 1.17. The summed E-state index contributed by atoms with van der Waals surface area (Å²) in [5, 5.41) is 6.20. The fraction of sp³-hybridized carbons (Fsp3) is 0.533. The lowest BCUT2D eigenvalue weighted by Crippen LogP contribution is -2.45. The average molecular weight is 314 g/mol. The molecular weight excluding hydrogens is 293 g/mol. The lowest BCUT2D eigenvalue weighted by Gasteiger charge is -2.21. The Kier molecular flexibility index (Phi) is 5.91. The molecule has 2 rings (SSSR count). The fourth-order valence-corrected chi connectivity index (χ4v) is 2.53. The lowest BCUT2D eigenvalue weighted by atomic mass is 10.2. The third-order valence-electron chi connectivity index (χ3n) is 3.61. The van der Waals surface area contributed by atoms with E-state index in [-0.39, 0.29) is 18.4 Å². The smallest absolute Gasteiger partial charge is 0.191 e. The van der Waals surface area contributed by atoms with Gasteiger partial charge in [0.05, 0.1) is 6.67 Å². The van der Waals surface area contributed by atoms with E-state index >= 15 is 0 Å². The molecule has 2 N–H and O–H groups in total. The molecule has 0 spiro atoms. The molecule has 122 valence electrons. The van der Waals surface area contributed by atoms with Gasteiger partial charge in [0.15, 0.2) is 5.96 Å². The highest BCUT2D eigenvalue weighted by atomic mass is 19.1. The Balaban J connectivity index is 1.92. The van der Waals surface area contributed by atoms with Gasteiger partial charge in [-0.3, -0.25) is 9.38 Å². The summed E-state index contributed by atoms with van der Waals surface area (Å²) < 4.78 is 39.7. The number of aliphatic imine (C=N–C) groups is 1. The van der Waals surface area contributed by atoms with E-state index in [1.807, 2.05) is 0 Å². The summed E-state index contributed by atoms with van der Waals surface area (Å²) in [5.41, 5.74) is 0.0205. The number of guanidine groups is 1. The first-order chi connectivity index (χ1) is 10.7. The maximum atomic E-state index is 13.8. The monoisotopic (exact) mass is 314 g/mol. The van der Waals surface area contributed by atoms with Gasteiger partial charge in [-0.2, -0.15) is 0 Å². The summed E-state index contributed by atoms with van der Waals surface area (Å²) in [4.78, 5) is 5.75. The molecule has 1 atom stereocenters. The summed E-state index contributed by atoms with van der Waals surface area (Å²) in [6, 6.07) is 3.92. The minimum Gasteiger partial charge on any atom is -0.365 e. The molecule has 7 heteroatoms. The van der Waals surface area contributed by atoms with Gasteiger partial charge in [0.2, 0.25) is 0 Å². The molecule has 0 amide bonds. The average Bonchev–Trinajstić information content (AvgIpc) is 2.94. The molecule has 1 saturated heterocycles. The van der Waals surface area contributed by atoms with Crippen LogP contribution in [0.5, 0.6) is 0 Å². The molecule has 0 aromatic heterocycles. The van der Waals surface area contributed by atoms with E-state index in [9.17, 15) is 13.2 Å². The zero-order valence-electron chi connectivity index (χ0n) is 12.6. The Morgan fingerprint density at radius 2 is 2.09 bits per heavy atom. The van der Waals surface area contributed by atoms with Crippen LogP contribution in [0.25, 0.3) is 0 Å². The number of halogens is 3. The maximum absolute atomic E-state index is 13.8. The van der Waals surface area contributed by atoms with Crippen LogP contribution in [0.2, 0.25) is 0 Å². The zero-order valence-corrected chi connectivity index (χ0v) is 12.6. The van der Waals surface area contributed by atoms with Gasteiger partial charge in [-0.1, -0.05) is 6.07 Å². The standard InChI is InChI=1S/C15H21F3N4/c1-19-15(20-8-3-7-16)21-11-6-9-22(10-11)14-12(17)4-2-5-13(14)18/h2,4-5,11H,3,6-10H2,1H3,(H2,19,20,21). The van der Waals surface area contributed by atoms with E-state index in [0.717, 1.165) is 6.42 Å². The van der Waals surface area contributed by atoms with E-state index in [4.69, 9.17) is 0 Å². The summed E-state index contributed by atoms with van der Waals surface area (Å²) in [7, 11) is 1.63. The fourth-order valence-electron chi connectivity index (χ4n) is 2.53. The van der Waals surface area contributed by atoms with E-state index < -0.39 is 11.6 Å². The molecule has 1 aromatic rings. The van der Waals surface area contributed by atoms with Crippen LogP contribution in [-0.4, -0.2) is 45.4 Å². The first kappa shape index (κ1) is 16.5. The van der Waals surface area contributed by atoms with E-state index in [2.05, 4.69) is 15.6 Å². The Hall–Kier alpha value is -1.92. The van der Waals surface area contributed by atoms with Crippen LogP contribution in [0.15, 0.2) is 23.2 Å². The molecular formula is C15H21F3N4. The normalized spacial score (nSPS) is 18.6. The molecule has 1 aliphatic rings. The van der Waals surface area contributed by atoms with Gasteiger partial charge >= 0.3 is 0 Å². The second kappa shape index (κ2) is 7.91. The number of nitrogens with zero attached hydrogens (tertiary/aromatic N) is 2. The second-order valence-corrected chi connectivity index (χ2v) is 5.19. The summed E-state index contributed by atoms with van der Waals surface area (Å²) >= 11 is 0. The third kappa shape index (κ3) is 4.05. The van der Waals surface area contributed by atoms with Crippen molar-refractivity contribution in [2.24, 2.45) is 4.99 Å². The quantitative estimate of drug-likeness (QED) is 0.496. The van der Waals surface area contributed by atoms with Crippen LogP contribution in [0, 0.1) is 11.6 Å². The highest BCUT2D eigenvalue weighted by molar-refractivity contribution is 5.80. The van der Waals surface area contributed by atoms with Crippen LogP contribution in [0.1, 0.15) is 12.8 Å². The number of para-hydroxylation sites is 1. The highest BCUT2D eigenvalue weighted by Crippen LogP contribution is 2.26. The number of rotatable bonds is 5. The van der Waals surface area contributed by atoms with E-state index in [0.29, 0.717) is 32.0 Å². The Morgan fingerprint density at radius 3 is 2.73 bits per heavy atom. The molecule has 0 bridgehead atoms. The van der Waals surface area contributed by atoms with Crippen molar-refractivity contribution in [2.75, 3.05) is 38.3 Å². The van der Waals surface area contributed by atoms with Crippen molar-refractivity contribution in [1.82, 2.24) is 10.6 Å². The Bertz CT molecular complexity index is 501. The number of hydrogen-bond donors (Lipinski definition) is 2. The molecule has 1 fully saturated rings. The zero-order chi connectivity index (χ0) is 15.9. The molecule has 0 radical (unpaired) electrons. The van der Waals surface area contributed by atoms with Crippen LogP contribution >= 0.6 is 0 Å². The van der Waals surface area contributed by atoms with Crippen LogP contribution in [0.4, 0.5) is 18.9 Å². The van der Waals surface area contributed by atoms with Crippen molar-refractivity contribution < 1.29 is 13.2 Å². The number of benzene rings is 1. The molecule has 22 heavy (non-hydrogen) atoms. The minimum absolute atomic E-state index is 0.0205. The van der Waals surface area contributed by atoms with Crippen molar-refractivity contribution in [3.63, 3.8) is 0 Å². The van der Waals surface area contributed by atoms with Crippen LogP contribution in [0.3, 0.4) is 0 Å². The van der Waals surface area contributed by atoms with Crippen LogP contribution < -0.4 is 15.5 Å². The van der Waals surface area contributed by atoms with Gasteiger partial charge in [-0.15, -0.1) is 0 Å². The van der Waals surface area contributed by atoms with E-state index in [1.165, 1.54) is 18.2 Å². The van der Waals surface area contributed by atoms with Gasteiger partial charge in [0.1, 0.15) is 17.3 Å². The molecule has 0 aliphatic carbocycles. The molecule has 1 aliphatic heterocycles. The topological polar surface area (TPSA) is 39.7 Å². The highest BCUT2D eigenvalue weighted by Gasteiger charge is 2.27. The molecule has 1 aromatic carbocycles. The van der Waals surface area contributed by atoms with E-state index in [1.54, 1.807) is 11.9 Å².